The second-order valence-corrected chi connectivity index (χ2v) is 4.80. The van der Waals surface area contributed by atoms with Gasteiger partial charge in [0.1, 0.15) is 11.6 Å². The average molecular weight is 256 g/mol. The van der Waals surface area contributed by atoms with Gasteiger partial charge in [-0.05, 0) is 26.2 Å². The van der Waals surface area contributed by atoms with Crippen LogP contribution in [0.3, 0.4) is 0 Å². The minimum atomic E-state index is -0.712. The molecule has 1 atom stereocenters. The van der Waals surface area contributed by atoms with Gasteiger partial charge in [-0.2, -0.15) is 0 Å². The van der Waals surface area contributed by atoms with E-state index in [-0.39, 0.29) is 17.9 Å². The highest BCUT2D eigenvalue weighted by molar-refractivity contribution is 5.99. The third kappa shape index (κ3) is 2.66. The zero-order chi connectivity index (χ0) is 13.8. The summed E-state index contributed by atoms with van der Waals surface area (Å²) in [6, 6.07) is -0.388. The van der Waals surface area contributed by atoms with Gasteiger partial charge in [-0.15, -0.1) is 0 Å². The summed E-state index contributed by atoms with van der Waals surface area (Å²) < 4.78 is 5.00. The predicted octanol–water partition coefficient (Wildman–Crippen LogP) is 0.929. The first-order chi connectivity index (χ1) is 8.52. The van der Waals surface area contributed by atoms with Crippen molar-refractivity contribution in [3.63, 3.8) is 0 Å². The molecule has 18 heavy (non-hydrogen) atoms. The first-order valence-electron chi connectivity index (χ1n) is 6.64. The molecule has 1 unspecified atom stereocenters. The zero-order valence-corrected chi connectivity index (χ0v) is 11.8. The molecule has 1 heterocycles. The Morgan fingerprint density at radius 3 is 2.44 bits per heavy atom. The highest BCUT2D eigenvalue weighted by Gasteiger charge is 2.46. The Hall–Kier alpha value is -1.10. The minimum Gasteiger partial charge on any atom is -0.385 e. The van der Waals surface area contributed by atoms with E-state index in [0.717, 1.165) is 6.42 Å². The number of hydrogen-bond acceptors (Lipinski definition) is 3. The van der Waals surface area contributed by atoms with Gasteiger partial charge < -0.3 is 15.0 Å². The molecule has 1 aliphatic heterocycles. The molecule has 2 amide bonds. The highest BCUT2D eigenvalue weighted by atomic mass is 16.5. The Morgan fingerprint density at radius 2 is 1.94 bits per heavy atom. The van der Waals surface area contributed by atoms with Crippen LogP contribution < -0.4 is 5.32 Å². The van der Waals surface area contributed by atoms with Gasteiger partial charge in [0.25, 0.3) is 0 Å². The second-order valence-electron chi connectivity index (χ2n) is 4.80. The third-order valence-electron chi connectivity index (χ3n) is 3.83. The number of hydrogen-bond donors (Lipinski definition) is 1. The molecule has 1 rings (SSSR count). The Labute approximate surface area is 109 Å². The Kier molecular flexibility index (Phi) is 5.14. The van der Waals surface area contributed by atoms with Crippen LogP contribution in [-0.2, 0) is 14.3 Å². The molecule has 1 aliphatic rings. The number of nitrogens with one attached hydrogen (secondary N) is 1. The van der Waals surface area contributed by atoms with E-state index >= 15 is 0 Å². The number of carbonyl (C=O) groups excluding carboxylic acids is 2. The molecule has 0 aromatic carbocycles. The Balaban J connectivity index is 2.85. The van der Waals surface area contributed by atoms with Crippen LogP contribution >= 0.6 is 0 Å². The molecule has 0 radical (unpaired) electrons. The van der Waals surface area contributed by atoms with Crippen molar-refractivity contribution in [2.45, 2.75) is 51.6 Å². The van der Waals surface area contributed by atoms with E-state index in [1.165, 1.54) is 0 Å². The van der Waals surface area contributed by atoms with Gasteiger partial charge in [-0.3, -0.25) is 9.59 Å². The van der Waals surface area contributed by atoms with E-state index in [4.69, 9.17) is 4.74 Å². The standard InChI is InChI=1S/C13H24N2O3/c1-5-13(6-2)12(17)15(8-7-9-18-4)10(3)11(16)14-13/h10H,5-9H2,1-4H3,(H,14,16). The van der Waals surface area contributed by atoms with E-state index in [2.05, 4.69) is 5.32 Å². The monoisotopic (exact) mass is 256 g/mol. The maximum Gasteiger partial charge on any atom is 0.248 e. The van der Waals surface area contributed by atoms with Crippen molar-refractivity contribution in [3.05, 3.63) is 0 Å². The number of piperazine rings is 1. The number of nitrogens with zero attached hydrogens (tertiary/aromatic N) is 1. The number of amides is 2. The Bertz CT molecular complexity index is 313. The fraction of sp³-hybridized carbons (Fsp3) is 0.846. The summed E-state index contributed by atoms with van der Waals surface area (Å²) in [4.78, 5) is 26.2. The van der Waals surface area contributed by atoms with E-state index in [9.17, 15) is 9.59 Å². The van der Waals surface area contributed by atoms with Crippen molar-refractivity contribution in [1.29, 1.82) is 0 Å². The SMILES string of the molecule is CCC1(CC)NC(=O)C(C)N(CCCOC)C1=O. The summed E-state index contributed by atoms with van der Waals surface area (Å²) in [6.07, 6.45) is 2.01. The van der Waals surface area contributed by atoms with Crippen LogP contribution in [0.2, 0.25) is 0 Å². The quantitative estimate of drug-likeness (QED) is 0.719. The number of rotatable bonds is 6. The summed E-state index contributed by atoms with van der Waals surface area (Å²) >= 11 is 0. The molecule has 0 aliphatic carbocycles. The van der Waals surface area contributed by atoms with Crippen molar-refractivity contribution < 1.29 is 14.3 Å². The van der Waals surface area contributed by atoms with E-state index in [1.807, 2.05) is 13.8 Å². The molecule has 0 aromatic rings. The molecule has 5 heteroatoms. The van der Waals surface area contributed by atoms with E-state index in [0.29, 0.717) is 26.0 Å². The molecule has 1 N–H and O–H groups in total. The number of methoxy groups -OCH3 is 1. The maximum absolute atomic E-state index is 12.5. The number of carbonyl (C=O) groups is 2. The van der Waals surface area contributed by atoms with Gasteiger partial charge >= 0.3 is 0 Å². The van der Waals surface area contributed by atoms with Crippen molar-refractivity contribution in [3.8, 4) is 0 Å². The van der Waals surface area contributed by atoms with Crippen LogP contribution in [0.25, 0.3) is 0 Å². The molecule has 104 valence electrons. The van der Waals surface area contributed by atoms with Crippen molar-refractivity contribution >= 4 is 11.8 Å². The molecule has 1 saturated heterocycles. The first-order valence-corrected chi connectivity index (χ1v) is 6.64. The fourth-order valence-corrected chi connectivity index (χ4v) is 2.39. The van der Waals surface area contributed by atoms with Crippen LogP contribution in [0.1, 0.15) is 40.0 Å². The summed E-state index contributed by atoms with van der Waals surface area (Å²) in [5.41, 5.74) is -0.712. The fourth-order valence-electron chi connectivity index (χ4n) is 2.39. The van der Waals surface area contributed by atoms with E-state index < -0.39 is 5.54 Å². The van der Waals surface area contributed by atoms with Crippen molar-refractivity contribution in [1.82, 2.24) is 10.2 Å². The second kappa shape index (κ2) is 6.18. The lowest BCUT2D eigenvalue weighted by Crippen LogP contribution is -2.69. The lowest BCUT2D eigenvalue weighted by molar-refractivity contribution is -0.155. The normalized spacial score (nSPS) is 23.1. The lowest BCUT2D eigenvalue weighted by Gasteiger charge is -2.44. The smallest absolute Gasteiger partial charge is 0.248 e. The van der Waals surface area contributed by atoms with Crippen LogP contribution in [-0.4, -0.2) is 48.6 Å². The van der Waals surface area contributed by atoms with Gasteiger partial charge in [0.2, 0.25) is 11.8 Å². The molecule has 0 bridgehead atoms. The summed E-state index contributed by atoms with van der Waals surface area (Å²) in [5, 5.41) is 2.89. The molecule has 0 spiro atoms. The third-order valence-corrected chi connectivity index (χ3v) is 3.83. The number of ether oxygens (including phenoxy) is 1. The van der Waals surface area contributed by atoms with Crippen molar-refractivity contribution in [2.75, 3.05) is 20.3 Å². The molecular formula is C13H24N2O3. The van der Waals surface area contributed by atoms with Gasteiger partial charge in [-0.25, -0.2) is 0 Å². The molecule has 0 saturated carbocycles. The van der Waals surface area contributed by atoms with Gasteiger partial charge in [0.15, 0.2) is 0 Å². The largest absolute Gasteiger partial charge is 0.385 e. The highest BCUT2D eigenvalue weighted by Crippen LogP contribution is 2.24. The molecule has 1 fully saturated rings. The van der Waals surface area contributed by atoms with Crippen LogP contribution in [0.15, 0.2) is 0 Å². The topological polar surface area (TPSA) is 58.6 Å². The first kappa shape index (κ1) is 15.0. The van der Waals surface area contributed by atoms with Gasteiger partial charge in [-0.1, -0.05) is 13.8 Å². The lowest BCUT2D eigenvalue weighted by atomic mass is 9.87. The summed E-state index contributed by atoms with van der Waals surface area (Å²) in [6.45, 7) is 6.82. The van der Waals surface area contributed by atoms with Gasteiger partial charge in [0.05, 0.1) is 0 Å². The Morgan fingerprint density at radius 1 is 1.33 bits per heavy atom. The molecule has 5 nitrogen and oxygen atoms in total. The van der Waals surface area contributed by atoms with Crippen LogP contribution in [0, 0.1) is 0 Å². The maximum atomic E-state index is 12.5. The summed E-state index contributed by atoms with van der Waals surface area (Å²) in [5.74, 6) is -0.0218. The van der Waals surface area contributed by atoms with Crippen LogP contribution in [0.4, 0.5) is 0 Å². The predicted molar refractivity (Wildman–Crippen MR) is 69.1 cm³/mol. The molecular weight excluding hydrogens is 232 g/mol. The minimum absolute atomic E-state index is 0.0377. The average Bonchev–Trinajstić information content (AvgIpc) is 2.38. The molecule has 0 aromatic heterocycles. The van der Waals surface area contributed by atoms with E-state index in [1.54, 1.807) is 18.9 Å². The van der Waals surface area contributed by atoms with Crippen molar-refractivity contribution in [2.24, 2.45) is 0 Å². The summed E-state index contributed by atoms with van der Waals surface area (Å²) in [7, 11) is 1.64. The van der Waals surface area contributed by atoms with Gasteiger partial charge in [0, 0.05) is 20.3 Å². The zero-order valence-electron chi connectivity index (χ0n) is 11.8. The van der Waals surface area contributed by atoms with Crippen LogP contribution in [0.5, 0.6) is 0 Å².